The molecule has 0 atom stereocenters. The van der Waals surface area contributed by atoms with E-state index in [9.17, 15) is 13.6 Å². The summed E-state index contributed by atoms with van der Waals surface area (Å²) in [4.78, 5) is 12.1. The van der Waals surface area contributed by atoms with E-state index >= 15 is 0 Å². The highest BCUT2D eigenvalue weighted by molar-refractivity contribution is 6.32. The summed E-state index contributed by atoms with van der Waals surface area (Å²) < 4.78 is 27.9. The molecular formula is C15H15ClF2N2O. The third-order valence-corrected chi connectivity index (χ3v) is 3.71. The number of Topliss-reactive ketones (excluding diaryl/α,β-unsaturated/α-hetero) is 1. The molecule has 1 aromatic carbocycles. The number of carbonyl (C=O) groups excluding carboxylic acids is 1. The Morgan fingerprint density at radius 3 is 2.62 bits per heavy atom. The molecule has 112 valence electrons. The highest BCUT2D eigenvalue weighted by atomic mass is 35.5. The van der Waals surface area contributed by atoms with Crippen molar-refractivity contribution >= 4 is 17.4 Å². The lowest BCUT2D eigenvalue weighted by Crippen LogP contribution is -2.11. The number of ketones is 1. The Balaban J connectivity index is 2.13. The number of nitrogens with zero attached hydrogens (tertiary/aromatic N) is 2. The van der Waals surface area contributed by atoms with Gasteiger partial charge in [0.25, 0.3) is 0 Å². The van der Waals surface area contributed by atoms with Crippen LogP contribution in [-0.2, 0) is 31.1 Å². The summed E-state index contributed by atoms with van der Waals surface area (Å²) in [5.41, 5.74) is 1.52. The molecule has 0 aliphatic carbocycles. The Labute approximate surface area is 126 Å². The molecule has 0 spiro atoms. The van der Waals surface area contributed by atoms with Crippen LogP contribution in [0.4, 0.5) is 8.78 Å². The smallest absolute Gasteiger partial charge is 0.143 e. The number of hydrogen-bond acceptors (Lipinski definition) is 2. The van der Waals surface area contributed by atoms with Crippen LogP contribution >= 0.6 is 11.6 Å². The van der Waals surface area contributed by atoms with E-state index in [4.69, 9.17) is 11.6 Å². The van der Waals surface area contributed by atoms with Crippen molar-refractivity contribution in [1.29, 1.82) is 0 Å². The molecule has 1 aromatic heterocycles. The van der Waals surface area contributed by atoms with Crippen LogP contribution in [0.15, 0.2) is 18.2 Å². The molecule has 0 bridgehead atoms. The van der Waals surface area contributed by atoms with Gasteiger partial charge in [0.05, 0.1) is 22.8 Å². The van der Waals surface area contributed by atoms with Crippen molar-refractivity contribution in [2.45, 2.75) is 26.2 Å². The van der Waals surface area contributed by atoms with E-state index in [0.717, 1.165) is 17.8 Å². The van der Waals surface area contributed by atoms with E-state index in [-0.39, 0.29) is 24.2 Å². The van der Waals surface area contributed by atoms with Crippen LogP contribution in [0.5, 0.6) is 0 Å². The summed E-state index contributed by atoms with van der Waals surface area (Å²) in [6, 6.07) is 3.19. The van der Waals surface area contributed by atoms with E-state index in [1.807, 2.05) is 6.92 Å². The molecule has 6 heteroatoms. The summed E-state index contributed by atoms with van der Waals surface area (Å²) in [7, 11) is 1.71. The first-order chi connectivity index (χ1) is 9.92. The zero-order chi connectivity index (χ0) is 15.6. The van der Waals surface area contributed by atoms with E-state index < -0.39 is 11.6 Å². The number of aryl methyl sites for hydroxylation is 2. The molecule has 21 heavy (non-hydrogen) atoms. The van der Waals surface area contributed by atoms with Crippen molar-refractivity contribution < 1.29 is 13.6 Å². The first kappa shape index (κ1) is 15.6. The van der Waals surface area contributed by atoms with Crippen molar-refractivity contribution in [1.82, 2.24) is 9.78 Å². The maximum Gasteiger partial charge on any atom is 0.143 e. The summed E-state index contributed by atoms with van der Waals surface area (Å²) in [6.45, 7) is 1.92. The van der Waals surface area contributed by atoms with E-state index in [0.29, 0.717) is 17.1 Å². The lowest BCUT2D eigenvalue weighted by Gasteiger charge is -2.04. The maximum atomic E-state index is 13.5. The van der Waals surface area contributed by atoms with Crippen LogP contribution in [0.3, 0.4) is 0 Å². The van der Waals surface area contributed by atoms with Crippen LogP contribution in [0.25, 0.3) is 0 Å². The van der Waals surface area contributed by atoms with Gasteiger partial charge < -0.3 is 0 Å². The molecule has 0 fully saturated rings. The van der Waals surface area contributed by atoms with Crippen LogP contribution in [-0.4, -0.2) is 15.6 Å². The average Bonchev–Trinajstić information content (AvgIpc) is 2.69. The number of carbonyl (C=O) groups is 1. The molecule has 0 saturated carbocycles. The molecule has 0 amide bonds. The molecule has 0 N–H and O–H groups in total. The second-order valence-electron chi connectivity index (χ2n) is 4.81. The Bertz CT molecular complexity index is 683. The quantitative estimate of drug-likeness (QED) is 0.849. The predicted octanol–water partition coefficient (Wildman–Crippen LogP) is 3.27. The Hall–Kier alpha value is -1.75. The largest absolute Gasteiger partial charge is 0.299 e. The highest BCUT2D eigenvalue weighted by Crippen LogP contribution is 2.22. The van der Waals surface area contributed by atoms with Gasteiger partial charge in [0.1, 0.15) is 17.4 Å². The van der Waals surface area contributed by atoms with Crippen molar-refractivity contribution in [3.05, 3.63) is 51.8 Å². The van der Waals surface area contributed by atoms with Gasteiger partial charge in [0.2, 0.25) is 0 Å². The minimum Gasteiger partial charge on any atom is -0.299 e. The van der Waals surface area contributed by atoms with Crippen LogP contribution in [0.1, 0.15) is 23.9 Å². The fraction of sp³-hybridized carbons (Fsp3) is 0.333. The molecule has 2 rings (SSSR count). The maximum absolute atomic E-state index is 13.5. The Morgan fingerprint density at radius 1 is 1.33 bits per heavy atom. The first-order valence-electron chi connectivity index (χ1n) is 6.58. The zero-order valence-corrected chi connectivity index (χ0v) is 12.5. The number of aromatic nitrogens is 2. The summed E-state index contributed by atoms with van der Waals surface area (Å²) in [5.74, 6) is -1.58. The minimum atomic E-state index is -0.714. The lowest BCUT2D eigenvalue weighted by molar-refractivity contribution is -0.117. The van der Waals surface area contributed by atoms with Crippen molar-refractivity contribution in [3.63, 3.8) is 0 Å². The van der Waals surface area contributed by atoms with Gasteiger partial charge in [0.15, 0.2) is 0 Å². The van der Waals surface area contributed by atoms with Gasteiger partial charge in [-0.1, -0.05) is 24.6 Å². The molecule has 1 heterocycles. The normalized spacial score (nSPS) is 10.9. The summed E-state index contributed by atoms with van der Waals surface area (Å²) in [6.07, 6.45) is 0.641. The van der Waals surface area contributed by atoms with Crippen molar-refractivity contribution in [2.24, 2.45) is 7.05 Å². The van der Waals surface area contributed by atoms with Gasteiger partial charge in [-0.2, -0.15) is 5.10 Å². The molecule has 3 nitrogen and oxygen atoms in total. The second-order valence-corrected chi connectivity index (χ2v) is 5.19. The van der Waals surface area contributed by atoms with E-state index in [2.05, 4.69) is 5.10 Å². The van der Waals surface area contributed by atoms with Crippen molar-refractivity contribution in [3.8, 4) is 0 Å². The second kappa shape index (κ2) is 6.35. The van der Waals surface area contributed by atoms with Gasteiger partial charge in [-0.05, 0) is 18.1 Å². The van der Waals surface area contributed by atoms with Crippen molar-refractivity contribution in [2.75, 3.05) is 0 Å². The van der Waals surface area contributed by atoms with Crippen LogP contribution in [0, 0.1) is 11.6 Å². The summed E-state index contributed by atoms with van der Waals surface area (Å²) >= 11 is 6.17. The fourth-order valence-corrected chi connectivity index (χ4v) is 2.50. The van der Waals surface area contributed by atoms with Gasteiger partial charge in [-0.15, -0.1) is 0 Å². The fourth-order valence-electron chi connectivity index (χ4n) is 2.14. The standard InChI is InChI=1S/C15H15ClF2N2O/c1-3-13-15(16)14(20(2)19-13)8-11(21)6-9-4-5-10(17)7-12(9)18/h4-5,7H,3,6,8H2,1-2H3. The zero-order valence-electron chi connectivity index (χ0n) is 11.8. The van der Waals surface area contributed by atoms with Gasteiger partial charge in [0, 0.05) is 19.5 Å². The number of halogens is 3. The SMILES string of the molecule is CCc1nn(C)c(CC(=O)Cc2ccc(F)cc2F)c1Cl. The minimum absolute atomic E-state index is 0.0686. The molecule has 0 aliphatic heterocycles. The van der Waals surface area contributed by atoms with E-state index in [1.165, 1.54) is 6.07 Å². The Morgan fingerprint density at radius 2 is 2.05 bits per heavy atom. The topological polar surface area (TPSA) is 34.9 Å². The first-order valence-corrected chi connectivity index (χ1v) is 6.96. The van der Waals surface area contributed by atoms with Gasteiger partial charge >= 0.3 is 0 Å². The third kappa shape index (κ3) is 3.47. The van der Waals surface area contributed by atoms with Gasteiger partial charge in [-0.25, -0.2) is 8.78 Å². The molecule has 0 saturated heterocycles. The number of rotatable bonds is 5. The average molecular weight is 313 g/mol. The lowest BCUT2D eigenvalue weighted by atomic mass is 10.0. The number of hydrogen-bond donors (Lipinski definition) is 0. The molecule has 2 aromatic rings. The molecular weight excluding hydrogens is 298 g/mol. The molecule has 0 radical (unpaired) electrons. The third-order valence-electron chi connectivity index (χ3n) is 3.27. The van der Waals surface area contributed by atoms with Crippen LogP contribution in [0.2, 0.25) is 5.02 Å². The molecule has 0 unspecified atom stereocenters. The van der Waals surface area contributed by atoms with Gasteiger partial charge in [-0.3, -0.25) is 9.48 Å². The summed E-state index contributed by atoms with van der Waals surface area (Å²) in [5, 5.41) is 4.71. The molecule has 0 aliphatic rings. The van der Waals surface area contributed by atoms with E-state index in [1.54, 1.807) is 11.7 Å². The predicted molar refractivity (Wildman–Crippen MR) is 76.4 cm³/mol. The number of benzene rings is 1. The highest BCUT2D eigenvalue weighted by Gasteiger charge is 2.17. The monoisotopic (exact) mass is 312 g/mol. The Kier molecular flexibility index (Phi) is 4.73. The van der Waals surface area contributed by atoms with Crippen LogP contribution < -0.4 is 0 Å².